The second kappa shape index (κ2) is 12.6. The van der Waals surface area contributed by atoms with Crippen molar-refractivity contribution in [3.63, 3.8) is 0 Å². The second-order valence-corrected chi connectivity index (χ2v) is 6.83. The number of nitro groups is 1. The van der Waals surface area contributed by atoms with Crippen molar-refractivity contribution in [3.05, 3.63) is 39.9 Å². The van der Waals surface area contributed by atoms with Gasteiger partial charge in [-0.15, -0.1) is 0 Å². The third-order valence-electron chi connectivity index (χ3n) is 4.32. The number of carbonyl (C=O) groups excluding carboxylic acids is 2. The lowest BCUT2D eigenvalue weighted by molar-refractivity contribution is -0.384. The predicted octanol–water partition coefficient (Wildman–Crippen LogP) is 0.311. The number of nitrogens with one attached hydrogen (secondary N) is 2. The van der Waals surface area contributed by atoms with Crippen molar-refractivity contribution >= 4 is 35.4 Å². The van der Waals surface area contributed by atoms with Gasteiger partial charge in [0.15, 0.2) is 0 Å². The van der Waals surface area contributed by atoms with Gasteiger partial charge in [0, 0.05) is 25.0 Å². The summed E-state index contributed by atoms with van der Waals surface area (Å²) >= 11 is 0. The number of hydrogen-bond donors (Lipinski definition) is 5. The van der Waals surface area contributed by atoms with Gasteiger partial charge in [0.05, 0.1) is 11.3 Å². The van der Waals surface area contributed by atoms with Gasteiger partial charge in [0.1, 0.15) is 12.1 Å². The van der Waals surface area contributed by atoms with Gasteiger partial charge in [-0.3, -0.25) is 24.5 Å². The molecule has 0 aliphatic carbocycles. The molecule has 0 aromatic heterocycles. The lowest BCUT2D eigenvalue weighted by atomic mass is 10.1. The molecular formula is C19H23N3O10. The van der Waals surface area contributed by atoms with Crippen molar-refractivity contribution in [3.8, 4) is 0 Å². The van der Waals surface area contributed by atoms with E-state index in [4.69, 9.17) is 10.2 Å². The van der Waals surface area contributed by atoms with Gasteiger partial charge in [-0.05, 0) is 24.8 Å². The van der Waals surface area contributed by atoms with E-state index >= 15 is 0 Å². The fraction of sp³-hybridized carbons (Fsp3) is 0.421. The number of aliphatic carboxylic acids is 3. The van der Waals surface area contributed by atoms with E-state index in [0.29, 0.717) is 12.8 Å². The lowest BCUT2D eigenvalue weighted by Gasteiger charge is -2.17. The summed E-state index contributed by atoms with van der Waals surface area (Å²) in [6, 6.07) is 2.64. The molecule has 0 bridgehead atoms. The Kier molecular flexibility index (Phi) is 10.3. The van der Waals surface area contributed by atoms with E-state index in [2.05, 4.69) is 5.32 Å². The quantitative estimate of drug-likeness (QED) is 0.192. The maximum atomic E-state index is 12.0. The molecule has 2 atom stereocenters. The molecule has 0 aliphatic rings. The summed E-state index contributed by atoms with van der Waals surface area (Å²) in [5.41, 5.74) is 0.681. The highest BCUT2D eigenvalue weighted by Crippen LogP contribution is 2.13. The molecule has 1 rings (SSSR count). The number of hydrogen-bond acceptors (Lipinski definition) is 7. The first-order chi connectivity index (χ1) is 15.0. The smallest absolute Gasteiger partial charge is 0.326 e. The molecule has 2 amide bonds. The third kappa shape index (κ3) is 9.65. The topological polar surface area (TPSA) is 213 Å². The van der Waals surface area contributed by atoms with Crippen LogP contribution in [0.3, 0.4) is 0 Å². The van der Waals surface area contributed by atoms with Crippen LogP contribution >= 0.6 is 0 Å². The summed E-state index contributed by atoms with van der Waals surface area (Å²) in [5.74, 6) is -5.84. The molecule has 174 valence electrons. The molecular weight excluding hydrogens is 430 g/mol. The Morgan fingerprint density at radius 2 is 1.44 bits per heavy atom. The first-order valence-electron chi connectivity index (χ1n) is 9.49. The Morgan fingerprint density at radius 1 is 0.875 bits per heavy atom. The molecule has 0 radical (unpaired) electrons. The SMILES string of the molecule is O=C(O)CC[C@H](NC(=O)C[C@H](NC(=O)CCCc1ccc([N+](=O)[O-])cc1)C(=O)O)C(=O)O. The highest BCUT2D eigenvalue weighted by molar-refractivity contribution is 5.90. The van der Waals surface area contributed by atoms with Crippen LogP contribution in [0.1, 0.15) is 37.7 Å². The molecule has 32 heavy (non-hydrogen) atoms. The molecule has 1 aromatic rings. The number of nitrogens with zero attached hydrogens (tertiary/aromatic N) is 1. The summed E-state index contributed by atoms with van der Waals surface area (Å²) in [7, 11) is 0. The number of carboxylic acid groups (broad SMARTS) is 3. The summed E-state index contributed by atoms with van der Waals surface area (Å²) in [6.07, 6.45) is -0.973. The van der Waals surface area contributed by atoms with Gasteiger partial charge in [-0.25, -0.2) is 9.59 Å². The zero-order valence-electron chi connectivity index (χ0n) is 16.9. The molecule has 0 fully saturated rings. The van der Waals surface area contributed by atoms with Crippen LogP contribution in [0.25, 0.3) is 0 Å². The lowest BCUT2D eigenvalue weighted by Crippen LogP contribution is -2.47. The number of benzene rings is 1. The largest absolute Gasteiger partial charge is 0.481 e. The van der Waals surface area contributed by atoms with E-state index in [1.165, 1.54) is 12.1 Å². The average Bonchev–Trinajstić information content (AvgIpc) is 2.70. The first-order valence-corrected chi connectivity index (χ1v) is 9.49. The van der Waals surface area contributed by atoms with Crippen LogP contribution < -0.4 is 10.6 Å². The Labute approximate surface area is 181 Å². The maximum absolute atomic E-state index is 12.0. The minimum Gasteiger partial charge on any atom is -0.481 e. The number of carboxylic acids is 3. The molecule has 0 spiro atoms. The second-order valence-electron chi connectivity index (χ2n) is 6.83. The number of non-ortho nitro benzene ring substituents is 1. The third-order valence-corrected chi connectivity index (χ3v) is 4.32. The summed E-state index contributed by atoms with van der Waals surface area (Å²) < 4.78 is 0. The molecule has 0 unspecified atom stereocenters. The van der Waals surface area contributed by atoms with E-state index in [1.54, 1.807) is 12.1 Å². The molecule has 0 saturated heterocycles. The van der Waals surface area contributed by atoms with E-state index in [9.17, 15) is 39.2 Å². The Morgan fingerprint density at radius 3 is 1.94 bits per heavy atom. The van der Waals surface area contributed by atoms with Gasteiger partial charge in [-0.2, -0.15) is 0 Å². The first kappa shape index (κ1) is 26.0. The Hall–Kier alpha value is -4.03. The highest BCUT2D eigenvalue weighted by atomic mass is 16.6. The van der Waals surface area contributed by atoms with Crippen molar-refractivity contribution in [2.45, 2.75) is 50.6 Å². The number of nitro benzene ring substituents is 1. The van der Waals surface area contributed by atoms with Crippen LogP contribution in [-0.4, -0.2) is 62.0 Å². The van der Waals surface area contributed by atoms with Crippen LogP contribution in [0.2, 0.25) is 0 Å². The van der Waals surface area contributed by atoms with Crippen LogP contribution in [0.5, 0.6) is 0 Å². The van der Waals surface area contributed by atoms with E-state index in [-0.39, 0.29) is 18.5 Å². The zero-order valence-corrected chi connectivity index (χ0v) is 16.9. The average molecular weight is 453 g/mol. The molecule has 0 aliphatic heterocycles. The fourth-order valence-corrected chi connectivity index (χ4v) is 2.67. The van der Waals surface area contributed by atoms with Crippen molar-refractivity contribution in [2.24, 2.45) is 0 Å². The normalized spacial score (nSPS) is 12.2. The summed E-state index contributed by atoms with van der Waals surface area (Å²) in [6.45, 7) is 0. The molecule has 13 nitrogen and oxygen atoms in total. The van der Waals surface area contributed by atoms with Crippen LogP contribution in [0, 0.1) is 10.1 Å². The number of aryl methyl sites for hydroxylation is 1. The minimum atomic E-state index is -1.60. The maximum Gasteiger partial charge on any atom is 0.326 e. The Bertz CT molecular complexity index is 869. The van der Waals surface area contributed by atoms with Gasteiger partial charge >= 0.3 is 17.9 Å². The minimum absolute atomic E-state index is 0.0674. The van der Waals surface area contributed by atoms with Gasteiger partial charge in [-0.1, -0.05) is 12.1 Å². The van der Waals surface area contributed by atoms with Crippen molar-refractivity contribution in [1.29, 1.82) is 0 Å². The van der Waals surface area contributed by atoms with Crippen LogP contribution in [-0.2, 0) is 30.4 Å². The number of carbonyl (C=O) groups is 5. The van der Waals surface area contributed by atoms with Crippen molar-refractivity contribution < 1.29 is 44.2 Å². The number of amides is 2. The van der Waals surface area contributed by atoms with E-state index in [0.717, 1.165) is 5.56 Å². The van der Waals surface area contributed by atoms with Crippen molar-refractivity contribution in [1.82, 2.24) is 10.6 Å². The monoisotopic (exact) mass is 453 g/mol. The zero-order chi connectivity index (χ0) is 24.3. The summed E-state index contributed by atoms with van der Waals surface area (Å²) in [4.78, 5) is 67.1. The van der Waals surface area contributed by atoms with Crippen molar-refractivity contribution in [2.75, 3.05) is 0 Å². The molecule has 0 saturated carbocycles. The van der Waals surface area contributed by atoms with Gasteiger partial charge in [0.2, 0.25) is 11.8 Å². The fourth-order valence-electron chi connectivity index (χ4n) is 2.67. The molecule has 13 heteroatoms. The van der Waals surface area contributed by atoms with Crippen LogP contribution in [0.4, 0.5) is 5.69 Å². The molecule has 5 N–H and O–H groups in total. The Balaban J connectivity index is 2.53. The van der Waals surface area contributed by atoms with Gasteiger partial charge in [0.25, 0.3) is 5.69 Å². The van der Waals surface area contributed by atoms with Crippen LogP contribution in [0.15, 0.2) is 24.3 Å². The van der Waals surface area contributed by atoms with E-state index < -0.39 is 59.6 Å². The predicted molar refractivity (Wildman–Crippen MR) is 107 cm³/mol. The standard InChI is InChI=1S/C19H23N3O10/c23-15(3-1-2-11-4-6-12(7-5-11)22(31)32)21-14(19(29)30)10-16(24)20-13(18(27)28)8-9-17(25)26/h4-7,13-14H,1-3,8-10H2,(H,20,24)(H,21,23)(H,25,26)(H,27,28)(H,29,30)/t13-,14-/m0/s1. The number of rotatable bonds is 14. The van der Waals surface area contributed by atoms with Gasteiger partial charge < -0.3 is 26.0 Å². The summed E-state index contributed by atoms with van der Waals surface area (Å²) in [5, 5.41) is 41.7. The molecule has 1 aromatic carbocycles. The molecule has 0 heterocycles. The van der Waals surface area contributed by atoms with E-state index in [1.807, 2.05) is 5.32 Å². The highest BCUT2D eigenvalue weighted by Gasteiger charge is 2.26.